The third kappa shape index (κ3) is 3.49. The number of imide groups is 1. The molecule has 0 aliphatic carbocycles. The predicted molar refractivity (Wildman–Crippen MR) is 116 cm³/mol. The Morgan fingerprint density at radius 3 is 2.37 bits per heavy atom. The number of aliphatic imine (C=N–C) groups is 1. The Hall–Kier alpha value is -3.75. The average molecular weight is 414 g/mol. The molecule has 0 N–H and O–H groups in total. The van der Waals surface area contributed by atoms with Crippen molar-refractivity contribution >= 4 is 35.3 Å². The first-order valence-corrected chi connectivity index (χ1v) is 9.69. The SMILES string of the molecule is N#C[C@H](N=CC1C(=O)N(c2ccccc2Cl)C(=O)c2ccccc21)c1ccccc1. The topological polar surface area (TPSA) is 73.5 Å². The molecule has 5 nitrogen and oxygen atoms in total. The molecule has 0 spiro atoms. The van der Waals surface area contributed by atoms with Crippen LogP contribution < -0.4 is 4.90 Å². The van der Waals surface area contributed by atoms with E-state index in [-0.39, 0.29) is 0 Å². The van der Waals surface area contributed by atoms with Gasteiger partial charge >= 0.3 is 0 Å². The van der Waals surface area contributed by atoms with E-state index in [2.05, 4.69) is 11.1 Å². The first-order valence-electron chi connectivity index (χ1n) is 9.31. The summed E-state index contributed by atoms with van der Waals surface area (Å²) in [5.41, 5.74) is 2.01. The second-order valence-electron chi connectivity index (χ2n) is 6.74. The molecule has 30 heavy (non-hydrogen) atoms. The van der Waals surface area contributed by atoms with Crippen LogP contribution in [0.15, 0.2) is 83.9 Å². The van der Waals surface area contributed by atoms with Crippen molar-refractivity contribution in [1.29, 1.82) is 5.26 Å². The normalized spacial score (nSPS) is 16.9. The van der Waals surface area contributed by atoms with E-state index in [0.717, 1.165) is 10.5 Å². The zero-order chi connectivity index (χ0) is 21.1. The van der Waals surface area contributed by atoms with Gasteiger partial charge in [0.15, 0.2) is 6.04 Å². The summed E-state index contributed by atoms with van der Waals surface area (Å²) in [4.78, 5) is 31.9. The molecule has 3 aromatic rings. The van der Waals surface area contributed by atoms with Gasteiger partial charge in [-0.1, -0.05) is 72.3 Å². The number of hydrogen-bond acceptors (Lipinski definition) is 4. The highest BCUT2D eigenvalue weighted by atomic mass is 35.5. The summed E-state index contributed by atoms with van der Waals surface area (Å²) in [6, 6.07) is 24.1. The van der Waals surface area contributed by atoms with Gasteiger partial charge in [-0.25, -0.2) is 4.90 Å². The second kappa shape index (κ2) is 8.32. The Labute approximate surface area is 178 Å². The van der Waals surface area contributed by atoms with E-state index in [1.54, 1.807) is 60.7 Å². The minimum Gasteiger partial charge on any atom is -0.273 e. The molecule has 0 saturated carbocycles. The third-order valence-corrected chi connectivity index (χ3v) is 5.25. The molecular weight excluding hydrogens is 398 g/mol. The molecule has 1 unspecified atom stereocenters. The molecule has 1 aliphatic heterocycles. The van der Waals surface area contributed by atoms with Gasteiger partial charge in [-0.2, -0.15) is 5.26 Å². The molecule has 0 fully saturated rings. The Balaban J connectivity index is 1.78. The molecule has 1 heterocycles. The molecule has 3 aromatic carbocycles. The van der Waals surface area contributed by atoms with Crippen LogP contribution in [0, 0.1) is 11.3 Å². The number of anilines is 1. The molecule has 1 aliphatic rings. The minimum atomic E-state index is -0.810. The number of halogens is 1. The number of benzene rings is 3. The van der Waals surface area contributed by atoms with E-state index in [1.165, 1.54) is 6.21 Å². The molecule has 0 radical (unpaired) electrons. The van der Waals surface area contributed by atoms with E-state index in [9.17, 15) is 14.9 Å². The quantitative estimate of drug-likeness (QED) is 0.449. The molecule has 0 saturated heterocycles. The van der Waals surface area contributed by atoms with Gasteiger partial charge in [0.25, 0.3) is 5.91 Å². The summed E-state index contributed by atoms with van der Waals surface area (Å²) < 4.78 is 0. The fourth-order valence-corrected chi connectivity index (χ4v) is 3.68. The lowest BCUT2D eigenvalue weighted by atomic mass is 9.88. The van der Waals surface area contributed by atoms with E-state index in [1.807, 2.05) is 18.2 Å². The summed E-state index contributed by atoms with van der Waals surface area (Å²) in [6.07, 6.45) is 1.46. The van der Waals surface area contributed by atoms with Crippen molar-refractivity contribution in [3.8, 4) is 6.07 Å². The van der Waals surface area contributed by atoms with Crippen LogP contribution >= 0.6 is 11.6 Å². The maximum Gasteiger partial charge on any atom is 0.265 e. The van der Waals surface area contributed by atoms with Crippen molar-refractivity contribution in [2.75, 3.05) is 4.90 Å². The number of carbonyl (C=O) groups is 2. The molecule has 0 bridgehead atoms. The summed E-state index contributed by atoms with van der Waals surface area (Å²) >= 11 is 6.27. The zero-order valence-electron chi connectivity index (χ0n) is 15.8. The van der Waals surface area contributed by atoms with Gasteiger partial charge in [-0.05, 0) is 29.3 Å². The highest BCUT2D eigenvalue weighted by Crippen LogP contribution is 2.35. The van der Waals surface area contributed by atoms with Crippen molar-refractivity contribution < 1.29 is 9.59 Å². The van der Waals surface area contributed by atoms with E-state index in [0.29, 0.717) is 21.8 Å². The van der Waals surface area contributed by atoms with Gasteiger partial charge in [-0.15, -0.1) is 0 Å². The lowest BCUT2D eigenvalue weighted by Crippen LogP contribution is -2.45. The number of amides is 2. The Kier molecular flexibility index (Phi) is 5.42. The second-order valence-corrected chi connectivity index (χ2v) is 7.14. The fourth-order valence-electron chi connectivity index (χ4n) is 3.46. The summed E-state index contributed by atoms with van der Waals surface area (Å²) in [7, 11) is 0. The van der Waals surface area contributed by atoms with Crippen LogP contribution in [0.25, 0.3) is 0 Å². The Morgan fingerprint density at radius 1 is 0.967 bits per heavy atom. The Bertz CT molecular complexity index is 1180. The highest BCUT2D eigenvalue weighted by Gasteiger charge is 2.39. The van der Waals surface area contributed by atoms with Gasteiger partial charge in [0.1, 0.15) is 0 Å². The van der Waals surface area contributed by atoms with Crippen molar-refractivity contribution in [1.82, 2.24) is 0 Å². The smallest absolute Gasteiger partial charge is 0.265 e. The number of hydrogen-bond donors (Lipinski definition) is 0. The molecule has 2 amide bonds. The number of para-hydroxylation sites is 1. The first kappa shape index (κ1) is 19.6. The van der Waals surface area contributed by atoms with Gasteiger partial charge in [0.05, 0.1) is 22.7 Å². The number of nitrogens with zero attached hydrogens (tertiary/aromatic N) is 3. The number of fused-ring (bicyclic) bond motifs is 1. The maximum absolute atomic E-state index is 13.4. The van der Waals surface area contributed by atoms with Crippen LogP contribution in [-0.4, -0.2) is 18.0 Å². The van der Waals surface area contributed by atoms with Crippen molar-refractivity contribution in [3.63, 3.8) is 0 Å². The van der Waals surface area contributed by atoms with Crippen LogP contribution in [0.2, 0.25) is 5.02 Å². The molecule has 146 valence electrons. The maximum atomic E-state index is 13.4. The van der Waals surface area contributed by atoms with Gasteiger partial charge in [0.2, 0.25) is 5.91 Å². The van der Waals surface area contributed by atoms with Crippen molar-refractivity contribution in [2.24, 2.45) is 4.99 Å². The molecule has 0 aromatic heterocycles. The van der Waals surface area contributed by atoms with Crippen molar-refractivity contribution in [3.05, 3.63) is 101 Å². The summed E-state index contributed by atoms with van der Waals surface area (Å²) in [5, 5.41) is 9.85. The van der Waals surface area contributed by atoms with Crippen LogP contribution in [0.4, 0.5) is 5.69 Å². The van der Waals surface area contributed by atoms with Crippen molar-refractivity contribution in [2.45, 2.75) is 12.0 Å². The molecule has 6 heteroatoms. The standard InChI is InChI=1S/C24H16ClN3O2/c25-20-12-6-7-13-22(20)28-23(29)18-11-5-4-10-17(18)19(24(28)30)15-27-21(14-26)16-8-2-1-3-9-16/h1-13,15,19,21H/t19?,21-/m0/s1. The fraction of sp³-hybridized carbons (Fsp3) is 0.0833. The van der Waals surface area contributed by atoms with Crippen LogP contribution in [0.3, 0.4) is 0 Å². The largest absolute Gasteiger partial charge is 0.273 e. The van der Waals surface area contributed by atoms with Gasteiger partial charge in [0, 0.05) is 11.8 Å². The molecular formula is C24H16ClN3O2. The lowest BCUT2D eigenvalue weighted by Gasteiger charge is -2.31. The van der Waals surface area contributed by atoms with Crippen LogP contribution in [0.1, 0.15) is 33.4 Å². The molecule has 4 rings (SSSR count). The number of rotatable bonds is 4. The number of nitriles is 1. The Morgan fingerprint density at radius 2 is 1.63 bits per heavy atom. The van der Waals surface area contributed by atoms with E-state index in [4.69, 9.17) is 11.6 Å². The predicted octanol–water partition coefficient (Wildman–Crippen LogP) is 4.95. The minimum absolute atomic E-state index is 0.299. The van der Waals surface area contributed by atoms with E-state index < -0.39 is 23.8 Å². The lowest BCUT2D eigenvalue weighted by molar-refractivity contribution is -0.118. The van der Waals surface area contributed by atoms with E-state index >= 15 is 0 Å². The van der Waals surface area contributed by atoms with Gasteiger partial charge < -0.3 is 0 Å². The number of carbonyl (C=O) groups excluding carboxylic acids is 2. The molecule has 2 atom stereocenters. The van der Waals surface area contributed by atoms with Crippen LogP contribution in [-0.2, 0) is 4.79 Å². The first-order chi connectivity index (χ1) is 14.6. The monoisotopic (exact) mass is 413 g/mol. The zero-order valence-corrected chi connectivity index (χ0v) is 16.5. The van der Waals surface area contributed by atoms with Gasteiger partial charge in [-0.3, -0.25) is 14.6 Å². The van der Waals surface area contributed by atoms with Crippen LogP contribution in [0.5, 0.6) is 0 Å². The summed E-state index contributed by atoms with van der Waals surface area (Å²) in [5.74, 6) is -1.71. The third-order valence-electron chi connectivity index (χ3n) is 4.93. The summed E-state index contributed by atoms with van der Waals surface area (Å²) in [6.45, 7) is 0. The average Bonchev–Trinajstić information content (AvgIpc) is 2.78. The highest BCUT2D eigenvalue weighted by molar-refractivity contribution is 6.37.